The highest BCUT2D eigenvalue weighted by molar-refractivity contribution is 5.95. The maximum atomic E-state index is 11.8. The Morgan fingerprint density at radius 2 is 1.78 bits per heavy atom. The fourth-order valence-electron chi connectivity index (χ4n) is 1.83. The number of hydrazine groups is 1. The molecule has 2 rings (SSSR count). The number of phenolic OH excluding ortho intramolecular Hbond substituents is 1. The Labute approximate surface area is 130 Å². The molecule has 0 unspecified atom stereocenters. The third kappa shape index (κ3) is 4.53. The van der Waals surface area contributed by atoms with Crippen molar-refractivity contribution in [3.8, 4) is 5.75 Å². The van der Waals surface area contributed by atoms with E-state index in [1.54, 1.807) is 12.1 Å². The van der Waals surface area contributed by atoms with Crippen molar-refractivity contribution in [2.45, 2.75) is 6.42 Å². The number of phenols is 1. The lowest BCUT2D eigenvalue weighted by Crippen LogP contribution is -2.42. The second kappa shape index (κ2) is 7.03. The zero-order valence-electron chi connectivity index (χ0n) is 11.9. The van der Waals surface area contributed by atoms with Crippen LogP contribution in [0.25, 0.3) is 0 Å². The van der Waals surface area contributed by atoms with E-state index in [0.29, 0.717) is 5.56 Å². The number of benzene rings is 2. The summed E-state index contributed by atoms with van der Waals surface area (Å²) in [6.07, 6.45) is -0.0189. The Morgan fingerprint density at radius 1 is 1.09 bits per heavy atom. The van der Waals surface area contributed by atoms with Gasteiger partial charge in [-0.1, -0.05) is 12.1 Å². The van der Waals surface area contributed by atoms with Gasteiger partial charge in [-0.3, -0.25) is 30.6 Å². The number of amides is 2. The van der Waals surface area contributed by atoms with Gasteiger partial charge in [0.05, 0.1) is 11.3 Å². The Morgan fingerprint density at radius 3 is 2.39 bits per heavy atom. The van der Waals surface area contributed by atoms with E-state index in [2.05, 4.69) is 10.9 Å². The molecule has 2 amide bonds. The van der Waals surface area contributed by atoms with Crippen molar-refractivity contribution in [2.24, 2.45) is 0 Å². The summed E-state index contributed by atoms with van der Waals surface area (Å²) in [7, 11) is 0. The van der Waals surface area contributed by atoms with Crippen LogP contribution in [0.4, 0.5) is 5.69 Å². The summed E-state index contributed by atoms with van der Waals surface area (Å²) in [5.74, 6) is -1.01. The zero-order chi connectivity index (χ0) is 16.8. The molecule has 2 aromatic carbocycles. The Bertz CT molecular complexity index is 743. The van der Waals surface area contributed by atoms with Gasteiger partial charge in [0.2, 0.25) is 5.91 Å². The van der Waals surface area contributed by atoms with Crippen molar-refractivity contribution < 1.29 is 19.6 Å². The minimum Gasteiger partial charge on any atom is -0.508 e. The first-order valence-corrected chi connectivity index (χ1v) is 6.57. The fourth-order valence-corrected chi connectivity index (χ4v) is 1.83. The van der Waals surface area contributed by atoms with Crippen molar-refractivity contribution in [3.63, 3.8) is 0 Å². The highest BCUT2D eigenvalue weighted by Crippen LogP contribution is 2.12. The first-order chi connectivity index (χ1) is 11.0. The molecular formula is C15H13N3O5. The number of carbonyl (C=O) groups is 2. The maximum Gasteiger partial charge on any atom is 0.269 e. The van der Waals surface area contributed by atoms with Crippen molar-refractivity contribution >= 4 is 17.5 Å². The molecule has 0 heterocycles. The van der Waals surface area contributed by atoms with Crippen LogP contribution < -0.4 is 10.9 Å². The lowest BCUT2D eigenvalue weighted by molar-refractivity contribution is -0.384. The predicted octanol–water partition coefficient (Wildman–Crippen LogP) is 1.30. The number of nitrogens with zero attached hydrogens (tertiary/aromatic N) is 1. The normalized spacial score (nSPS) is 9.91. The highest BCUT2D eigenvalue weighted by atomic mass is 16.6. The number of carbonyl (C=O) groups excluding carboxylic acids is 2. The van der Waals surface area contributed by atoms with E-state index in [9.17, 15) is 24.8 Å². The fraction of sp³-hybridized carbons (Fsp3) is 0.0667. The van der Waals surface area contributed by atoms with Gasteiger partial charge in [-0.25, -0.2) is 0 Å². The maximum absolute atomic E-state index is 11.8. The van der Waals surface area contributed by atoms with E-state index in [4.69, 9.17) is 0 Å². The third-order valence-corrected chi connectivity index (χ3v) is 2.93. The van der Waals surface area contributed by atoms with E-state index >= 15 is 0 Å². The van der Waals surface area contributed by atoms with Gasteiger partial charge >= 0.3 is 0 Å². The number of rotatable bonds is 4. The Kier molecular flexibility index (Phi) is 4.88. The molecule has 0 aliphatic carbocycles. The monoisotopic (exact) mass is 315 g/mol. The zero-order valence-corrected chi connectivity index (χ0v) is 11.9. The number of aromatic hydroxyl groups is 1. The largest absolute Gasteiger partial charge is 0.508 e. The summed E-state index contributed by atoms with van der Waals surface area (Å²) in [6, 6.07) is 11.2. The van der Waals surface area contributed by atoms with Crippen LogP contribution >= 0.6 is 0 Å². The number of nitro benzene ring substituents is 1. The summed E-state index contributed by atoms with van der Waals surface area (Å²) < 4.78 is 0. The van der Waals surface area contributed by atoms with Gasteiger partial charge < -0.3 is 5.11 Å². The summed E-state index contributed by atoms with van der Waals surface area (Å²) in [4.78, 5) is 33.5. The number of hydrogen-bond donors (Lipinski definition) is 3. The molecule has 0 aliphatic rings. The van der Waals surface area contributed by atoms with Crippen LogP contribution in [0.1, 0.15) is 15.9 Å². The van der Waals surface area contributed by atoms with E-state index in [1.807, 2.05) is 0 Å². The average Bonchev–Trinajstić information content (AvgIpc) is 2.52. The summed E-state index contributed by atoms with van der Waals surface area (Å²) in [5.41, 5.74) is 5.08. The molecule has 0 radical (unpaired) electrons. The molecule has 0 saturated heterocycles. The topological polar surface area (TPSA) is 122 Å². The quantitative estimate of drug-likeness (QED) is 0.580. The number of nitro groups is 1. The molecule has 118 valence electrons. The Balaban J connectivity index is 1.88. The molecule has 0 bridgehead atoms. The highest BCUT2D eigenvalue weighted by Gasteiger charge is 2.10. The molecule has 2 aromatic rings. The van der Waals surface area contributed by atoms with E-state index in [0.717, 1.165) is 0 Å². The molecule has 0 saturated carbocycles. The molecule has 8 heteroatoms. The van der Waals surface area contributed by atoms with Crippen LogP contribution in [0.5, 0.6) is 5.75 Å². The van der Waals surface area contributed by atoms with Gasteiger partial charge in [-0.05, 0) is 29.8 Å². The second-order valence-electron chi connectivity index (χ2n) is 4.65. The number of non-ortho nitro benzene ring substituents is 1. The van der Waals surface area contributed by atoms with Gasteiger partial charge in [0, 0.05) is 17.7 Å². The molecule has 3 N–H and O–H groups in total. The van der Waals surface area contributed by atoms with Crippen LogP contribution in [0, 0.1) is 10.1 Å². The van der Waals surface area contributed by atoms with Gasteiger partial charge in [0.1, 0.15) is 5.75 Å². The number of nitrogens with one attached hydrogen (secondary N) is 2. The van der Waals surface area contributed by atoms with Crippen molar-refractivity contribution in [3.05, 3.63) is 69.8 Å². The summed E-state index contributed by atoms with van der Waals surface area (Å²) >= 11 is 0. The molecular weight excluding hydrogens is 302 g/mol. The van der Waals surface area contributed by atoms with Crippen molar-refractivity contribution in [1.82, 2.24) is 10.9 Å². The first-order valence-electron chi connectivity index (χ1n) is 6.57. The van der Waals surface area contributed by atoms with Crippen molar-refractivity contribution in [1.29, 1.82) is 0 Å². The molecule has 0 fully saturated rings. The minimum atomic E-state index is -0.593. The van der Waals surface area contributed by atoms with Crippen LogP contribution in [-0.2, 0) is 11.2 Å². The van der Waals surface area contributed by atoms with Crippen LogP contribution in [-0.4, -0.2) is 21.8 Å². The van der Waals surface area contributed by atoms with Crippen molar-refractivity contribution in [2.75, 3.05) is 0 Å². The van der Waals surface area contributed by atoms with E-state index in [1.165, 1.54) is 36.4 Å². The molecule has 23 heavy (non-hydrogen) atoms. The van der Waals surface area contributed by atoms with Crippen LogP contribution in [0.15, 0.2) is 48.5 Å². The molecule has 0 spiro atoms. The molecule has 0 atom stereocenters. The van der Waals surface area contributed by atoms with Crippen LogP contribution in [0.3, 0.4) is 0 Å². The molecule has 0 aliphatic heterocycles. The van der Waals surface area contributed by atoms with E-state index < -0.39 is 16.7 Å². The smallest absolute Gasteiger partial charge is 0.269 e. The minimum absolute atomic E-state index is 0.0189. The third-order valence-electron chi connectivity index (χ3n) is 2.93. The predicted molar refractivity (Wildman–Crippen MR) is 80.5 cm³/mol. The van der Waals surface area contributed by atoms with Gasteiger partial charge in [-0.15, -0.1) is 0 Å². The summed E-state index contributed by atoms with van der Waals surface area (Å²) in [5, 5.41) is 19.8. The molecule has 8 nitrogen and oxygen atoms in total. The number of hydrogen-bond acceptors (Lipinski definition) is 5. The summed E-state index contributed by atoms with van der Waals surface area (Å²) in [6.45, 7) is 0. The van der Waals surface area contributed by atoms with Crippen LogP contribution in [0.2, 0.25) is 0 Å². The average molecular weight is 315 g/mol. The lowest BCUT2D eigenvalue weighted by atomic mass is 10.1. The second-order valence-corrected chi connectivity index (χ2v) is 4.65. The first kappa shape index (κ1) is 16.0. The van der Waals surface area contributed by atoms with Gasteiger partial charge in [0.25, 0.3) is 11.6 Å². The van der Waals surface area contributed by atoms with Gasteiger partial charge in [-0.2, -0.15) is 0 Å². The lowest BCUT2D eigenvalue weighted by Gasteiger charge is -2.07. The molecule has 0 aromatic heterocycles. The Hall–Kier alpha value is -3.42. The standard InChI is InChI=1S/C15H13N3O5/c19-13-3-1-2-10(8-13)9-14(20)16-17-15(21)11-4-6-12(7-5-11)18(22)23/h1-8,19H,9H2,(H,16,20)(H,17,21). The van der Waals surface area contributed by atoms with Gasteiger partial charge in [0.15, 0.2) is 0 Å². The SMILES string of the molecule is O=C(Cc1cccc(O)c1)NNC(=O)c1ccc([N+](=O)[O-])cc1. The van der Waals surface area contributed by atoms with E-state index in [-0.39, 0.29) is 23.4 Å².